The molecular formula is C11H11F3O2S. The quantitative estimate of drug-likeness (QED) is 0.617. The first-order valence-electron chi connectivity index (χ1n) is 4.76. The van der Waals surface area contributed by atoms with E-state index in [2.05, 4.69) is 4.74 Å². The molecule has 1 aromatic rings. The topological polar surface area (TPSA) is 26.3 Å². The van der Waals surface area contributed by atoms with Crippen LogP contribution in [0.4, 0.5) is 13.2 Å². The van der Waals surface area contributed by atoms with Crippen LogP contribution in [0.2, 0.25) is 0 Å². The third-order valence-electron chi connectivity index (χ3n) is 1.90. The van der Waals surface area contributed by atoms with Crippen molar-refractivity contribution < 1.29 is 22.7 Å². The van der Waals surface area contributed by atoms with Crippen LogP contribution in [0.5, 0.6) is 0 Å². The number of esters is 1. The Balaban J connectivity index is 2.53. The first-order valence-corrected chi connectivity index (χ1v) is 5.74. The molecule has 0 N–H and O–H groups in total. The summed E-state index contributed by atoms with van der Waals surface area (Å²) in [6, 6.07) is 6.37. The second kappa shape index (κ2) is 5.95. The number of carbonyl (C=O) groups is 1. The number of ether oxygens (including phenoxy) is 1. The van der Waals surface area contributed by atoms with Crippen molar-refractivity contribution in [3.05, 3.63) is 29.8 Å². The zero-order valence-corrected chi connectivity index (χ0v) is 9.90. The average Bonchev–Trinajstić information content (AvgIpc) is 2.27. The van der Waals surface area contributed by atoms with E-state index in [0.29, 0.717) is 10.5 Å². The van der Waals surface area contributed by atoms with Crippen LogP contribution in [0, 0.1) is 0 Å². The molecule has 0 bridgehead atoms. The number of thioether (sulfide) groups is 1. The molecule has 17 heavy (non-hydrogen) atoms. The molecule has 1 aromatic carbocycles. The van der Waals surface area contributed by atoms with Crippen LogP contribution >= 0.6 is 11.8 Å². The molecule has 0 fully saturated rings. The molecule has 6 heteroatoms. The Labute approximate surface area is 101 Å². The van der Waals surface area contributed by atoms with Crippen molar-refractivity contribution >= 4 is 17.7 Å². The van der Waals surface area contributed by atoms with Gasteiger partial charge in [0.1, 0.15) is 0 Å². The molecule has 0 saturated heterocycles. The molecule has 0 radical (unpaired) electrons. The molecule has 0 saturated carbocycles. The van der Waals surface area contributed by atoms with E-state index in [4.69, 9.17) is 0 Å². The third-order valence-corrected chi connectivity index (χ3v) is 2.98. The summed E-state index contributed by atoms with van der Waals surface area (Å²) in [6.07, 6.45) is -4.05. The van der Waals surface area contributed by atoms with Crippen molar-refractivity contribution in [3.63, 3.8) is 0 Å². The maximum Gasteiger partial charge on any atom is 0.398 e. The Morgan fingerprint density at radius 1 is 1.29 bits per heavy atom. The van der Waals surface area contributed by atoms with Gasteiger partial charge < -0.3 is 4.74 Å². The van der Waals surface area contributed by atoms with Crippen molar-refractivity contribution in [1.29, 1.82) is 0 Å². The largest absolute Gasteiger partial charge is 0.469 e. The standard InChI is InChI=1S/C11H11F3O2S/c1-16-10(15)6-8-2-4-9(5-3-8)17-7-11(12,13)14/h2-5H,6-7H2,1H3. The monoisotopic (exact) mass is 264 g/mol. The highest BCUT2D eigenvalue weighted by molar-refractivity contribution is 7.99. The van der Waals surface area contributed by atoms with Gasteiger partial charge in [0.15, 0.2) is 0 Å². The molecule has 0 aliphatic carbocycles. The van der Waals surface area contributed by atoms with Crippen molar-refractivity contribution in [3.8, 4) is 0 Å². The molecule has 0 unspecified atom stereocenters. The van der Waals surface area contributed by atoms with Gasteiger partial charge in [0.25, 0.3) is 0 Å². The molecule has 0 atom stereocenters. The van der Waals surface area contributed by atoms with E-state index < -0.39 is 11.9 Å². The summed E-state index contributed by atoms with van der Waals surface area (Å²) in [6.45, 7) is 0. The van der Waals surface area contributed by atoms with Gasteiger partial charge in [-0.3, -0.25) is 4.79 Å². The summed E-state index contributed by atoms with van der Waals surface area (Å²) < 4.78 is 40.4. The molecule has 0 heterocycles. The van der Waals surface area contributed by atoms with Gasteiger partial charge in [-0.1, -0.05) is 12.1 Å². The number of hydrogen-bond acceptors (Lipinski definition) is 3. The fourth-order valence-corrected chi connectivity index (χ4v) is 1.77. The number of carbonyl (C=O) groups excluding carboxylic acids is 1. The molecule has 1 rings (SSSR count). The number of methoxy groups -OCH3 is 1. The normalized spacial score (nSPS) is 11.3. The van der Waals surface area contributed by atoms with E-state index in [0.717, 1.165) is 11.8 Å². The highest BCUT2D eigenvalue weighted by atomic mass is 32.2. The van der Waals surface area contributed by atoms with E-state index in [1.54, 1.807) is 24.3 Å². The number of halogens is 3. The van der Waals surface area contributed by atoms with Gasteiger partial charge in [-0.15, -0.1) is 11.8 Å². The van der Waals surface area contributed by atoms with Crippen molar-refractivity contribution in [1.82, 2.24) is 0 Å². The molecule has 0 aliphatic rings. The van der Waals surface area contributed by atoms with Gasteiger partial charge in [0.2, 0.25) is 0 Å². The minimum atomic E-state index is -4.17. The van der Waals surface area contributed by atoms with Gasteiger partial charge in [0, 0.05) is 4.90 Å². The maximum absolute atomic E-state index is 12.0. The lowest BCUT2D eigenvalue weighted by molar-refractivity contribution is -0.139. The lowest BCUT2D eigenvalue weighted by atomic mass is 10.2. The zero-order valence-electron chi connectivity index (χ0n) is 9.08. The van der Waals surface area contributed by atoms with Crippen molar-refractivity contribution in [2.45, 2.75) is 17.5 Å². The van der Waals surface area contributed by atoms with Gasteiger partial charge in [0.05, 0.1) is 19.3 Å². The molecule has 0 aliphatic heterocycles. The Bertz CT molecular complexity index is 373. The Morgan fingerprint density at radius 3 is 2.35 bits per heavy atom. The fraction of sp³-hybridized carbons (Fsp3) is 0.364. The molecule has 2 nitrogen and oxygen atoms in total. The van der Waals surface area contributed by atoms with Crippen LogP contribution in [0.15, 0.2) is 29.2 Å². The van der Waals surface area contributed by atoms with E-state index in [1.165, 1.54) is 7.11 Å². The van der Waals surface area contributed by atoms with Crippen molar-refractivity contribution in [2.75, 3.05) is 12.9 Å². The highest BCUT2D eigenvalue weighted by Crippen LogP contribution is 2.27. The SMILES string of the molecule is COC(=O)Cc1ccc(SCC(F)(F)F)cc1. The average molecular weight is 264 g/mol. The van der Waals surface area contributed by atoms with Crippen LogP contribution in [0.1, 0.15) is 5.56 Å². The van der Waals surface area contributed by atoms with Crippen LogP contribution in [0.3, 0.4) is 0 Å². The number of hydrogen-bond donors (Lipinski definition) is 0. The summed E-state index contributed by atoms with van der Waals surface area (Å²) in [5.74, 6) is -1.29. The van der Waals surface area contributed by atoms with E-state index in [1.807, 2.05) is 0 Å². The van der Waals surface area contributed by atoms with E-state index in [-0.39, 0.29) is 12.4 Å². The maximum atomic E-state index is 12.0. The first-order chi connectivity index (χ1) is 7.90. The molecule has 0 spiro atoms. The van der Waals surface area contributed by atoms with Crippen LogP contribution in [-0.4, -0.2) is 25.0 Å². The molecular weight excluding hydrogens is 253 g/mol. The lowest BCUT2D eigenvalue weighted by Crippen LogP contribution is -2.10. The predicted octanol–water partition coefficient (Wildman–Crippen LogP) is 3.06. The van der Waals surface area contributed by atoms with Crippen LogP contribution in [0.25, 0.3) is 0 Å². The second-order valence-corrected chi connectivity index (χ2v) is 4.35. The number of alkyl halides is 3. The second-order valence-electron chi connectivity index (χ2n) is 3.30. The van der Waals surface area contributed by atoms with Crippen LogP contribution < -0.4 is 0 Å². The summed E-state index contributed by atoms with van der Waals surface area (Å²) in [4.78, 5) is 11.5. The Hall–Kier alpha value is -1.17. The minimum absolute atomic E-state index is 0.126. The number of benzene rings is 1. The third kappa shape index (κ3) is 5.63. The first kappa shape index (κ1) is 13.9. The summed E-state index contributed by atoms with van der Waals surface area (Å²) in [5.41, 5.74) is 0.716. The summed E-state index contributed by atoms with van der Waals surface area (Å²) in [7, 11) is 1.29. The molecule has 0 amide bonds. The zero-order chi connectivity index (χ0) is 12.9. The van der Waals surface area contributed by atoms with Crippen LogP contribution in [-0.2, 0) is 16.0 Å². The lowest BCUT2D eigenvalue weighted by Gasteiger charge is -2.06. The van der Waals surface area contributed by atoms with E-state index in [9.17, 15) is 18.0 Å². The molecule has 0 aromatic heterocycles. The highest BCUT2D eigenvalue weighted by Gasteiger charge is 2.27. The summed E-state index contributed by atoms with van der Waals surface area (Å²) >= 11 is 0.720. The van der Waals surface area contributed by atoms with Gasteiger partial charge in [-0.25, -0.2) is 0 Å². The molecule has 94 valence electrons. The van der Waals surface area contributed by atoms with Gasteiger partial charge in [-0.2, -0.15) is 13.2 Å². The van der Waals surface area contributed by atoms with Gasteiger partial charge >= 0.3 is 12.1 Å². The Morgan fingerprint density at radius 2 is 1.88 bits per heavy atom. The summed E-state index contributed by atoms with van der Waals surface area (Å²) in [5, 5.41) is 0. The Kier molecular flexibility index (Phi) is 4.86. The fourth-order valence-electron chi connectivity index (χ4n) is 1.11. The predicted molar refractivity (Wildman–Crippen MR) is 58.9 cm³/mol. The van der Waals surface area contributed by atoms with Gasteiger partial charge in [-0.05, 0) is 17.7 Å². The van der Waals surface area contributed by atoms with Crippen molar-refractivity contribution in [2.24, 2.45) is 0 Å². The minimum Gasteiger partial charge on any atom is -0.469 e. The smallest absolute Gasteiger partial charge is 0.398 e. The number of rotatable bonds is 4. The van der Waals surface area contributed by atoms with E-state index >= 15 is 0 Å².